The Morgan fingerprint density at radius 1 is 1.23 bits per heavy atom. The average Bonchev–Trinajstić information content (AvgIpc) is 2.01. The Labute approximate surface area is 96.2 Å². The maximum Gasteiger partial charge on any atom is 0.220 e. The Morgan fingerprint density at radius 3 is 2.31 bits per heavy atom. The van der Waals surface area contributed by atoms with Crippen molar-refractivity contribution in [3.8, 4) is 0 Å². The Morgan fingerprint density at radius 2 is 1.85 bits per heavy atom. The summed E-state index contributed by atoms with van der Waals surface area (Å²) in [5, 5.41) is 10.0. The van der Waals surface area contributed by atoms with Gasteiger partial charge in [0.2, 0.25) is 3.79 Å². The quantitative estimate of drug-likeness (QED) is 0.762. The zero-order chi connectivity index (χ0) is 10.1. The number of alkyl halides is 3. The molecule has 0 saturated heterocycles. The summed E-state index contributed by atoms with van der Waals surface area (Å²) in [6.45, 7) is 0. The van der Waals surface area contributed by atoms with Gasteiger partial charge in [0.1, 0.15) is 6.10 Å². The second-order valence-corrected chi connectivity index (χ2v) is 5.30. The highest BCUT2D eigenvalue weighted by Gasteiger charge is 2.31. The van der Waals surface area contributed by atoms with Gasteiger partial charge in [-0.25, -0.2) is 0 Å². The minimum atomic E-state index is -1.73. The smallest absolute Gasteiger partial charge is 0.220 e. The number of rotatable bonds is 1. The molecule has 1 unspecified atom stereocenters. The Bertz CT molecular complexity index is 294. The molecule has 72 valence electrons. The molecule has 5 heteroatoms. The van der Waals surface area contributed by atoms with Crippen LogP contribution < -0.4 is 0 Å². The second-order valence-electron chi connectivity index (χ2n) is 2.50. The third-order valence-electron chi connectivity index (χ3n) is 1.47. The van der Waals surface area contributed by atoms with Crippen LogP contribution in [0.1, 0.15) is 11.7 Å². The van der Waals surface area contributed by atoms with Crippen LogP contribution in [0.4, 0.5) is 0 Å². The van der Waals surface area contributed by atoms with Gasteiger partial charge < -0.3 is 5.11 Å². The van der Waals surface area contributed by atoms with Gasteiger partial charge in [-0.15, -0.1) is 0 Å². The minimum Gasteiger partial charge on any atom is -0.384 e. The number of hydrogen-bond acceptors (Lipinski definition) is 1. The predicted octanol–water partition coefficient (Wildman–Crippen LogP) is 3.74. The number of halogens is 4. The van der Waals surface area contributed by atoms with E-state index in [-0.39, 0.29) is 0 Å². The van der Waals surface area contributed by atoms with Crippen LogP contribution in [0.15, 0.2) is 24.3 Å². The maximum absolute atomic E-state index is 9.53. The van der Waals surface area contributed by atoms with Crippen LogP contribution in [-0.4, -0.2) is 8.90 Å². The Kier molecular flexibility index (Phi) is 3.73. The summed E-state index contributed by atoms with van der Waals surface area (Å²) in [6.07, 6.45) is -1.17. The molecule has 1 N–H and O–H groups in total. The van der Waals surface area contributed by atoms with E-state index in [9.17, 15) is 5.11 Å². The summed E-state index contributed by atoms with van der Waals surface area (Å²) in [4.78, 5) is 0. The van der Waals surface area contributed by atoms with E-state index in [1.54, 1.807) is 24.3 Å². The van der Waals surface area contributed by atoms with Crippen LogP contribution in [-0.2, 0) is 0 Å². The average molecular weight is 260 g/mol. The van der Waals surface area contributed by atoms with Gasteiger partial charge in [-0.05, 0) is 17.7 Å². The van der Waals surface area contributed by atoms with Crippen molar-refractivity contribution >= 4 is 46.4 Å². The first-order valence-corrected chi connectivity index (χ1v) is 4.92. The summed E-state index contributed by atoms with van der Waals surface area (Å²) in [5.41, 5.74) is 0.479. The van der Waals surface area contributed by atoms with Crippen LogP contribution in [0.2, 0.25) is 5.02 Å². The first-order valence-electron chi connectivity index (χ1n) is 3.41. The summed E-state index contributed by atoms with van der Waals surface area (Å²) in [6, 6.07) is 6.54. The van der Waals surface area contributed by atoms with Crippen LogP contribution in [0, 0.1) is 0 Å². The van der Waals surface area contributed by atoms with Crippen molar-refractivity contribution in [1.82, 2.24) is 0 Å². The largest absolute Gasteiger partial charge is 0.384 e. The summed E-state index contributed by atoms with van der Waals surface area (Å²) < 4.78 is -1.73. The highest BCUT2D eigenvalue weighted by atomic mass is 35.6. The first-order chi connectivity index (χ1) is 5.91. The van der Waals surface area contributed by atoms with E-state index in [2.05, 4.69) is 0 Å². The van der Waals surface area contributed by atoms with Crippen LogP contribution >= 0.6 is 46.4 Å². The first kappa shape index (κ1) is 11.4. The van der Waals surface area contributed by atoms with Crippen molar-refractivity contribution in [1.29, 1.82) is 0 Å². The zero-order valence-electron chi connectivity index (χ0n) is 6.35. The van der Waals surface area contributed by atoms with Gasteiger partial charge in [-0.2, -0.15) is 0 Å². The van der Waals surface area contributed by atoms with E-state index < -0.39 is 9.90 Å². The molecule has 13 heavy (non-hydrogen) atoms. The standard InChI is InChI=1S/C8H6Cl4O/c9-6-3-1-2-5(4-6)7(13)8(10,11)12/h1-4,7,13H. The molecule has 0 radical (unpaired) electrons. The number of aliphatic hydroxyl groups is 1. The molecular weight excluding hydrogens is 254 g/mol. The molecule has 1 atom stereocenters. The third-order valence-corrected chi connectivity index (χ3v) is 2.33. The van der Waals surface area contributed by atoms with E-state index >= 15 is 0 Å². The van der Waals surface area contributed by atoms with Crippen molar-refractivity contribution in [2.45, 2.75) is 9.90 Å². The molecule has 1 aromatic carbocycles. The number of hydrogen-bond donors (Lipinski definition) is 1. The lowest BCUT2D eigenvalue weighted by atomic mass is 10.1. The summed E-state index contributed by atoms with van der Waals surface area (Å²) in [5.74, 6) is 0. The minimum absolute atomic E-state index is 0.479. The molecule has 0 aliphatic carbocycles. The lowest BCUT2D eigenvalue weighted by Gasteiger charge is -2.19. The molecule has 0 spiro atoms. The Balaban J connectivity index is 2.96. The van der Waals surface area contributed by atoms with Crippen LogP contribution in [0.5, 0.6) is 0 Å². The van der Waals surface area contributed by atoms with Gasteiger partial charge in [0.25, 0.3) is 0 Å². The molecule has 0 saturated carbocycles. The molecule has 1 nitrogen and oxygen atoms in total. The van der Waals surface area contributed by atoms with Gasteiger partial charge in [0.05, 0.1) is 0 Å². The van der Waals surface area contributed by atoms with Gasteiger partial charge in [-0.3, -0.25) is 0 Å². The molecule has 0 aliphatic rings. The molecule has 0 heterocycles. The molecule has 0 fully saturated rings. The fraction of sp³-hybridized carbons (Fsp3) is 0.250. The van der Waals surface area contributed by atoms with E-state index in [0.29, 0.717) is 10.6 Å². The SMILES string of the molecule is OC(c1cccc(Cl)c1)C(Cl)(Cl)Cl. The fourth-order valence-electron chi connectivity index (χ4n) is 0.866. The van der Waals surface area contributed by atoms with Gasteiger partial charge in [0.15, 0.2) is 0 Å². The van der Waals surface area contributed by atoms with Crippen molar-refractivity contribution < 1.29 is 5.11 Å². The topological polar surface area (TPSA) is 20.2 Å². The van der Waals surface area contributed by atoms with Crippen LogP contribution in [0.25, 0.3) is 0 Å². The van der Waals surface area contributed by atoms with Crippen LogP contribution in [0.3, 0.4) is 0 Å². The van der Waals surface area contributed by atoms with E-state index in [1.807, 2.05) is 0 Å². The molecule has 1 rings (SSSR count). The molecule has 1 aromatic rings. The van der Waals surface area contributed by atoms with Gasteiger partial charge in [0, 0.05) is 5.02 Å². The monoisotopic (exact) mass is 258 g/mol. The van der Waals surface area contributed by atoms with Gasteiger partial charge in [-0.1, -0.05) is 58.5 Å². The molecule has 0 amide bonds. The molecular formula is C8H6Cl4O. The van der Waals surface area contributed by atoms with E-state index in [0.717, 1.165) is 0 Å². The van der Waals surface area contributed by atoms with E-state index in [1.165, 1.54) is 0 Å². The Hall–Kier alpha value is 0.340. The fourth-order valence-corrected chi connectivity index (χ4v) is 1.44. The molecule has 0 aliphatic heterocycles. The molecule has 0 bridgehead atoms. The lowest BCUT2D eigenvalue weighted by molar-refractivity contribution is 0.182. The summed E-state index contributed by atoms with van der Waals surface area (Å²) >= 11 is 22.2. The normalized spacial score (nSPS) is 14.2. The third kappa shape index (κ3) is 3.19. The van der Waals surface area contributed by atoms with E-state index in [4.69, 9.17) is 46.4 Å². The maximum atomic E-state index is 9.53. The lowest BCUT2D eigenvalue weighted by Crippen LogP contribution is -2.16. The van der Waals surface area contributed by atoms with Crippen molar-refractivity contribution in [2.75, 3.05) is 0 Å². The predicted molar refractivity (Wildman–Crippen MR) is 56.7 cm³/mol. The second kappa shape index (κ2) is 4.24. The molecule has 0 aromatic heterocycles. The summed E-state index contributed by atoms with van der Waals surface area (Å²) in [7, 11) is 0. The highest BCUT2D eigenvalue weighted by molar-refractivity contribution is 6.68. The van der Waals surface area contributed by atoms with Crippen molar-refractivity contribution in [2.24, 2.45) is 0 Å². The zero-order valence-corrected chi connectivity index (χ0v) is 9.37. The highest BCUT2D eigenvalue weighted by Crippen LogP contribution is 2.39. The number of aliphatic hydroxyl groups excluding tert-OH is 1. The van der Waals surface area contributed by atoms with Crippen molar-refractivity contribution in [3.05, 3.63) is 34.9 Å². The number of benzene rings is 1. The van der Waals surface area contributed by atoms with Crippen molar-refractivity contribution in [3.63, 3.8) is 0 Å². The van der Waals surface area contributed by atoms with Gasteiger partial charge >= 0.3 is 0 Å².